The molecule has 25 heavy (non-hydrogen) atoms. The van der Waals surface area contributed by atoms with E-state index in [1.807, 2.05) is 0 Å². The van der Waals surface area contributed by atoms with Gasteiger partial charge in [-0.2, -0.15) is 4.98 Å². The van der Waals surface area contributed by atoms with E-state index in [1.165, 1.54) is 7.11 Å². The molecule has 3 rings (SSSR count). The maximum Gasteiger partial charge on any atom is 0.259 e. The minimum Gasteiger partial charge on any atom is -0.496 e. The molecular formula is C18H17N3O4. The maximum atomic E-state index is 12.5. The number of anilines is 1. The summed E-state index contributed by atoms with van der Waals surface area (Å²) in [6.07, 6.45) is 0. The van der Waals surface area contributed by atoms with Crippen LogP contribution < -0.4 is 10.1 Å². The fraction of sp³-hybridized carbons (Fsp3) is 0.167. The molecule has 1 aromatic heterocycles. The summed E-state index contributed by atoms with van der Waals surface area (Å²) < 4.78 is 10.3. The number of hydrogen-bond donors (Lipinski definition) is 2. The summed E-state index contributed by atoms with van der Waals surface area (Å²) in [4.78, 5) is 16.6. The highest BCUT2D eigenvalue weighted by atomic mass is 16.5. The molecule has 0 aliphatic heterocycles. The van der Waals surface area contributed by atoms with Crippen molar-refractivity contribution in [2.75, 3.05) is 12.4 Å². The molecule has 0 atom stereocenters. The van der Waals surface area contributed by atoms with Gasteiger partial charge in [0.2, 0.25) is 0 Å². The minimum absolute atomic E-state index is 0.116. The van der Waals surface area contributed by atoms with E-state index in [1.54, 1.807) is 49.4 Å². The summed E-state index contributed by atoms with van der Waals surface area (Å²) in [5.74, 6) is 1.09. The van der Waals surface area contributed by atoms with E-state index in [0.717, 1.165) is 5.56 Å². The summed E-state index contributed by atoms with van der Waals surface area (Å²) in [7, 11) is 1.48. The number of ether oxygens (including phenoxy) is 1. The number of carbonyl (C=O) groups excluding carboxylic acids is 1. The standard InChI is InChI=1S/C18H17N3O4/c1-11-19-18(25-21-11)13-4-6-14(7-5-13)20-17(23)15-8-3-12(10-22)9-16(15)24-2/h3-9,22H,10H2,1-2H3,(H,20,23). The lowest BCUT2D eigenvalue weighted by molar-refractivity contribution is 0.102. The van der Waals surface area contributed by atoms with Crippen LogP contribution in [-0.4, -0.2) is 28.3 Å². The molecule has 0 aliphatic carbocycles. The Morgan fingerprint density at radius 1 is 1.24 bits per heavy atom. The number of benzene rings is 2. The van der Waals surface area contributed by atoms with Crippen molar-refractivity contribution < 1.29 is 19.2 Å². The van der Waals surface area contributed by atoms with Gasteiger partial charge >= 0.3 is 0 Å². The average Bonchev–Trinajstić information content (AvgIpc) is 3.08. The third-order valence-corrected chi connectivity index (χ3v) is 3.61. The van der Waals surface area contributed by atoms with Crippen LogP contribution in [0.15, 0.2) is 47.0 Å². The second-order valence-electron chi connectivity index (χ2n) is 5.37. The van der Waals surface area contributed by atoms with Crippen LogP contribution in [0.5, 0.6) is 5.75 Å². The Morgan fingerprint density at radius 2 is 2.00 bits per heavy atom. The molecule has 7 heteroatoms. The molecule has 0 spiro atoms. The first-order valence-electron chi connectivity index (χ1n) is 7.60. The number of aliphatic hydroxyl groups excluding tert-OH is 1. The fourth-order valence-corrected chi connectivity index (χ4v) is 2.33. The summed E-state index contributed by atoms with van der Waals surface area (Å²) in [6.45, 7) is 1.63. The van der Waals surface area contributed by atoms with Crippen LogP contribution in [0.4, 0.5) is 5.69 Å². The largest absolute Gasteiger partial charge is 0.496 e. The molecule has 0 unspecified atom stereocenters. The predicted molar refractivity (Wildman–Crippen MR) is 91.3 cm³/mol. The van der Waals surface area contributed by atoms with Crippen LogP contribution in [0.25, 0.3) is 11.5 Å². The van der Waals surface area contributed by atoms with Gasteiger partial charge in [0.05, 0.1) is 19.3 Å². The predicted octanol–water partition coefficient (Wildman–Crippen LogP) is 2.80. The van der Waals surface area contributed by atoms with E-state index in [0.29, 0.717) is 34.3 Å². The van der Waals surface area contributed by atoms with Gasteiger partial charge in [0.25, 0.3) is 11.8 Å². The lowest BCUT2D eigenvalue weighted by Crippen LogP contribution is -2.13. The first-order chi connectivity index (χ1) is 12.1. The number of hydrogen-bond acceptors (Lipinski definition) is 6. The number of nitrogens with zero attached hydrogens (tertiary/aromatic N) is 2. The number of nitrogens with one attached hydrogen (secondary N) is 1. The van der Waals surface area contributed by atoms with Crippen molar-refractivity contribution in [2.24, 2.45) is 0 Å². The SMILES string of the molecule is COc1cc(CO)ccc1C(=O)Nc1ccc(-c2nc(C)no2)cc1. The molecular weight excluding hydrogens is 322 g/mol. The van der Waals surface area contributed by atoms with Gasteiger partial charge in [-0.1, -0.05) is 11.2 Å². The Bertz CT molecular complexity index is 888. The van der Waals surface area contributed by atoms with E-state index in [4.69, 9.17) is 9.26 Å². The number of methoxy groups -OCH3 is 1. The topological polar surface area (TPSA) is 97.5 Å². The van der Waals surface area contributed by atoms with Gasteiger partial charge in [-0.3, -0.25) is 4.79 Å². The zero-order valence-electron chi connectivity index (χ0n) is 13.8. The molecule has 7 nitrogen and oxygen atoms in total. The smallest absolute Gasteiger partial charge is 0.259 e. The van der Waals surface area contributed by atoms with Crippen molar-refractivity contribution in [3.8, 4) is 17.2 Å². The third-order valence-electron chi connectivity index (χ3n) is 3.61. The molecule has 0 aliphatic rings. The van der Waals surface area contributed by atoms with Gasteiger partial charge < -0.3 is 19.7 Å². The molecule has 2 N–H and O–H groups in total. The molecule has 0 saturated heterocycles. The highest BCUT2D eigenvalue weighted by Crippen LogP contribution is 2.23. The number of amides is 1. The third kappa shape index (κ3) is 3.67. The number of aryl methyl sites for hydroxylation is 1. The molecule has 0 bridgehead atoms. The van der Waals surface area contributed by atoms with Crippen molar-refractivity contribution in [3.63, 3.8) is 0 Å². The van der Waals surface area contributed by atoms with E-state index in [2.05, 4.69) is 15.5 Å². The second-order valence-corrected chi connectivity index (χ2v) is 5.37. The fourth-order valence-electron chi connectivity index (χ4n) is 2.33. The Hall–Kier alpha value is -3.19. The number of carbonyl (C=O) groups is 1. The highest BCUT2D eigenvalue weighted by molar-refractivity contribution is 6.06. The number of aliphatic hydroxyl groups is 1. The monoisotopic (exact) mass is 339 g/mol. The van der Waals surface area contributed by atoms with Crippen molar-refractivity contribution in [1.29, 1.82) is 0 Å². The minimum atomic E-state index is -0.303. The van der Waals surface area contributed by atoms with Gasteiger partial charge in [-0.15, -0.1) is 0 Å². The molecule has 0 radical (unpaired) electrons. The zero-order valence-corrected chi connectivity index (χ0v) is 13.8. The molecule has 3 aromatic rings. The second kappa shape index (κ2) is 7.14. The van der Waals surface area contributed by atoms with Gasteiger partial charge in [0, 0.05) is 11.3 Å². The Kier molecular flexibility index (Phi) is 4.76. The van der Waals surface area contributed by atoms with Crippen LogP contribution in [0.3, 0.4) is 0 Å². The Morgan fingerprint density at radius 3 is 2.60 bits per heavy atom. The highest BCUT2D eigenvalue weighted by Gasteiger charge is 2.13. The summed E-state index contributed by atoms with van der Waals surface area (Å²) >= 11 is 0. The number of aromatic nitrogens is 2. The Balaban J connectivity index is 1.77. The first kappa shape index (κ1) is 16.7. The molecule has 2 aromatic carbocycles. The van der Waals surface area contributed by atoms with Crippen LogP contribution in [-0.2, 0) is 6.61 Å². The van der Waals surface area contributed by atoms with Gasteiger partial charge in [-0.05, 0) is 48.9 Å². The van der Waals surface area contributed by atoms with E-state index >= 15 is 0 Å². The average molecular weight is 339 g/mol. The van der Waals surface area contributed by atoms with Crippen molar-refractivity contribution in [3.05, 3.63) is 59.4 Å². The van der Waals surface area contributed by atoms with E-state index in [9.17, 15) is 9.90 Å². The van der Waals surface area contributed by atoms with Crippen molar-refractivity contribution in [2.45, 2.75) is 13.5 Å². The molecule has 0 saturated carbocycles. The van der Waals surface area contributed by atoms with E-state index in [-0.39, 0.29) is 12.5 Å². The van der Waals surface area contributed by atoms with Crippen molar-refractivity contribution >= 4 is 11.6 Å². The summed E-state index contributed by atoms with van der Waals surface area (Å²) in [5.41, 5.74) is 2.45. The van der Waals surface area contributed by atoms with Crippen molar-refractivity contribution in [1.82, 2.24) is 10.1 Å². The van der Waals surface area contributed by atoms with Gasteiger partial charge in [-0.25, -0.2) is 0 Å². The lowest BCUT2D eigenvalue weighted by atomic mass is 10.1. The maximum absolute atomic E-state index is 12.5. The zero-order chi connectivity index (χ0) is 17.8. The summed E-state index contributed by atoms with van der Waals surface area (Å²) in [5, 5.41) is 15.7. The molecule has 1 heterocycles. The van der Waals surface area contributed by atoms with Crippen LogP contribution in [0, 0.1) is 6.92 Å². The molecule has 0 fully saturated rings. The quantitative estimate of drug-likeness (QED) is 0.742. The normalized spacial score (nSPS) is 10.5. The first-order valence-corrected chi connectivity index (χ1v) is 7.60. The number of rotatable bonds is 5. The van der Waals surface area contributed by atoms with Crippen LogP contribution in [0.2, 0.25) is 0 Å². The van der Waals surface area contributed by atoms with Crippen LogP contribution >= 0.6 is 0 Å². The van der Waals surface area contributed by atoms with E-state index < -0.39 is 0 Å². The summed E-state index contributed by atoms with van der Waals surface area (Å²) in [6, 6.07) is 12.0. The van der Waals surface area contributed by atoms with Crippen LogP contribution in [0.1, 0.15) is 21.7 Å². The molecule has 128 valence electrons. The molecule has 1 amide bonds. The lowest BCUT2D eigenvalue weighted by Gasteiger charge is -2.10. The van der Waals surface area contributed by atoms with Gasteiger partial charge in [0.15, 0.2) is 5.82 Å². The Labute approximate surface area is 144 Å². The van der Waals surface area contributed by atoms with Gasteiger partial charge in [0.1, 0.15) is 5.75 Å².